The van der Waals surface area contributed by atoms with Gasteiger partial charge < -0.3 is 14.9 Å². The molecule has 0 radical (unpaired) electrons. The number of methoxy groups -OCH3 is 1. The molecule has 0 aliphatic heterocycles. The first-order valence-electron chi connectivity index (χ1n) is 10.9. The molecule has 0 heterocycles. The Morgan fingerprint density at radius 2 is 1.61 bits per heavy atom. The molecule has 2 aromatic carbocycles. The predicted octanol–water partition coefficient (Wildman–Crippen LogP) is 6.24. The van der Waals surface area contributed by atoms with Gasteiger partial charge in [0.2, 0.25) is 0 Å². The van der Waals surface area contributed by atoms with Crippen molar-refractivity contribution in [2.45, 2.75) is 33.1 Å². The summed E-state index contributed by atoms with van der Waals surface area (Å²) in [5.74, 6) is 0.323. The lowest BCUT2D eigenvalue weighted by Crippen LogP contribution is -1.95. The zero-order valence-electron chi connectivity index (χ0n) is 20.2. The molecule has 2 N–H and O–H groups in total. The molecular weight excluding hydrogens is 412 g/mol. The highest BCUT2D eigenvalue weighted by molar-refractivity contribution is 5.66. The van der Waals surface area contributed by atoms with Crippen LogP contribution in [0.5, 0.6) is 5.75 Å². The second kappa shape index (κ2) is 18.4. The zero-order valence-corrected chi connectivity index (χ0v) is 20.2. The Kier molecular flexibility index (Phi) is 16.6. The Bertz CT molecular complexity index is 886. The second-order valence-corrected chi connectivity index (χ2v) is 7.31. The normalized spacial score (nSPS) is 9.82. The van der Waals surface area contributed by atoms with Crippen molar-refractivity contribution in [1.82, 2.24) is 0 Å². The lowest BCUT2D eigenvalue weighted by molar-refractivity contribution is -0.104. The van der Waals surface area contributed by atoms with E-state index in [1.807, 2.05) is 31.2 Å². The molecule has 33 heavy (non-hydrogen) atoms. The minimum absolute atomic E-state index is 0.250. The first-order chi connectivity index (χ1) is 15.8. The molecule has 4 heteroatoms. The third-order valence-electron chi connectivity index (χ3n) is 4.38. The minimum atomic E-state index is 0.250. The Morgan fingerprint density at radius 3 is 2.12 bits per heavy atom. The van der Waals surface area contributed by atoms with Crippen molar-refractivity contribution in [3.05, 3.63) is 103 Å². The van der Waals surface area contributed by atoms with Gasteiger partial charge in [0, 0.05) is 13.7 Å². The third kappa shape index (κ3) is 13.7. The lowest BCUT2D eigenvalue weighted by atomic mass is 9.98. The smallest absolute Gasteiger partial charge is 0.142 e. The summed E-state index contributed by atoms with van der Waals surface area (Å²) in [6, 6.07) is 14.3. The molecule has 0 atom stereocenters. The maximum absolute atomic E-state index is 9.98. The van der Waals surface area contributed by atoms with Crippen molar-refractivity contribution in [3.63, 3.8) is 0 Å². The molecule has 4 nitrogen and oxygen atoms in total. The fourth-order valence-corrected chi connectivity index (χ4v) is 2.69. The van der Waals surface area contributed by atoms with Crippen LogP contribution in [0.15, 0.2) is 91.6 Å². The van der Waals surface area contributed by atoms with Crippen molar-refractivity contribution in [1.29, 1.82) is 0 Å². The van der Waals surface area contributed by atoms with E-state index < -0.39 is 0 Å². The van der Waals surface area contributed by atoms with Crippen LogP contribution in [0.1, 0.15) is 31.4 Å². The molecule has 0 aromatic heterocycles. The molecular formula is C29H38O4. The zero-order chi connectivity index (χ0) is 25.1. The number of rotatable bonds is 10. The summed E-state index contributed by atoms with van der Waals surface area (Å²) in [6.45, 7) is 15.6. The molecule has 0 aliphatic rings. The van der Waals surface area contributed by atoms with Crippen LogP contribution in [-0.2, 0) is 22.4 Å². The van der Waals surface area contributed by atoms with Crippen molar-refractivity contribution in [3.8, 4) is 16.9 Å². The number of ether oxygens (including phenoxy) is 1. The number of aliphatic hydroxyl groups excluding tert-OH is 1. The summed E-state index contributed by atoms with van der Waals surface area (Å²) in [4.78, 5) is 9.06. The van der Waals surface area contributed by atoms with Gasteiger partial charge in [-0.15, -0.1) is 0 Å². The number of carbonyl (C=O) groups is 1. The van der Waals surface area contributed by atoms with Crippen molar-refractivity contribution in [2.24, 2.45) is 0 Å². The van der Waals surface area contributed by atoms with Crippen LogP contribution >= 0.6 is 0 Å². The van der Waals surface area contributed by atoms with Crippen LogP contribution in [0, 0.1) is 0 Å². The molecule has 0 spiro atoms. The molecule has 2 rings (SSSR count). The highest BCUT2D eigenvalue weighted by Crippen LogP contribution is 2.27. The summed E-state index contributed by atoms with van der Waals surface area (Å²) in [5, 5.41) is 17.5. The fraction of sp³-hybridized carbons (Fsp3) is 0.276. The highest BCUT2D eigenvalue weighted by Gasteiger charge is 2.05. The SMILES string of the molecule is C=C(C)/C=C\C(=C)CCc1ccc(-c2ccc(O)c(CCOC)c2)cc1.C=CC=O.CCO. The molecule has 0 bridgehead atoms. The molecule has 0 fully saturated rings. The van der Waals surface area contributed by atoms with Gasteiger partial charge in [0.15, 0.2) is 0 Å². The number of aldehydes is 1. The minimum Gasteiger partial charge on any atom is -0.508 e. The molecule has 2 aromatic rings. The number of hydrogen-bond donors (Lipinski definition) is 2. The van der Waals surface area contributed by atoms with Gasteiger partial charge in [-0.1, -0.05) is 73.4 Å². The number of aromatic hydroxyl groups is 1. The maximum Gasteiger partial charge on any atom is 0.142 e. The monoisotopic (exact) mass is 450 g/mol. The predicted molar refractivity (Wildman–Crippen MR) is 140 cm³/mol. The molecule has 0 aliphatic carbocycles. The fourth-order valence-electron chi connectivity index (χ4n) is 2.69. The number of phenols is 1. The van der Waals surface area contributed by atoms with E-state index in [1.54, 1.807) is 20.1 Å². The summed E-state index contributed by atoms with van der Waals surface area (Å²) in [5.41, 5.74) is 6.60. The molecule has 0 amide bonds. The Hall–Kier alpha value is -3.21. The Morgan fingerprint density at radius 1 is 1.03 bits per heavy atom. The van der Waals surface area contributed by atoms with Crippen LogP contribution in [0.4, 0.5) is 0 Å². The summed E-state index contributed by atoms with van der Waals surface area (Å²) in [6.07, 6.45) is 8.47. The van der Waals surface area contributed by atoms with Crippen LogP contribution in [0.3, 0.4) is 0 Å². The number of aryl methyl sites for hydroxylation is 1. The summed E-state index contributed by atoms with van der Waals surface area (Å²) >= 11 is 0. The average molecular weight is 451 g/mol. The molecule has 178 valence electrons. The number of aliphatic hydroxyl groups is 1. The van der Waals surface area contributed by atoms with E-state index in [0.29, 0.717) is 25.1 Å². The van der Waals surface area contributed by atoms with Gasteiger partial charge >= 0.3 is 0 Å². The van der Waals surface area contributed by atoms with Gasteiger partial charge in [0.1, 0.15) is 12.0 Å². The van der Waals surface area contributed by atoms with Crippen molar-refractivity contribution < 1.29 is 19.7 Å². The van der Waals surface area contributed by atoms with Gasteiger partial charge in [0.05, 0.1) is 6.61 Å². The van der Waals surface area contributed by atoms with Crippen LogP contribution in [0.2, 0.25) is 0 Å². The van der Waals surface area contributed by atoms with E-state index >= 15 is 0 Å². The van der Waals surface area contributed by atoms with Gasteiger partial charge in [0.25, 0.3) is 0 Å². The topological polar surface area (TPSA) is 66.8 Å². The largest absolute Gasteiger partial charge is 0.508 e. The van der Waals surface area contributed by atoms with E-state index in [9.17, 15) is 5.11 Å². The maximum atomic E-state index is 9.98. The summed E-state index contributed by atoms with van der Waals surface area (Å²) < 4.78 is 5.11. The van der Waals surface area contributed by atoms with Crippen molar-refractivity contribution >= 4 is 6.29 Å². The van der Waals surface area contributed by atoms with E-state index in [1.165, 1.54) is 11.6 Å². The van der Waals surface area contributed by atoms with Gasteiger partial charge in [-0.05, 0) is 73.6 Å². The first kappa shape index (κ1) is 29.8. The average Bonchev–Trinajstić information content (AvgIpc) is 2.82. The molecule has 0 saturated carbocycles. The number of carbonyl (C=O) groups excluding carboxylic acids is 1. The highest BCUT2D eigenvalue weighted by atomic mass is 16.5. The lowest BCUT2D eigenvalue weighted by Gasteiger charge is -2.09. The number of benzene rings is 2. The number of phenolic OH excluding ortho intramolecular Hbond substituents is 1. The summed E-state index contributed by atoms with van der Waals surface area (Å²) in [7, 11) is 1.67. The Labute approximate surface area is 199 Å². The van der Waals surface area contributed by atoms with Crippen molar-refractivity contribution in [2.75, 3.05) is 20.3 Å². The third-order valence-corrected chi connectivity index (χ3v) is 4.38. The standard InChI is InChI=1S/C24H28O2.C3H4O.C2H6O/c1-18(2)5-6-19(3)7-8-20-9-11-21(12-10-20)22-13-14-24(25)23(17-22)15-16-26-4;1-2-3-4;1-2-3/h5-6,9-14,17,25H,1,3,7-8,15-16H2,2,4H3;2-3H,1H2;3H,2H2,1H3/b6-5-;;. The Balaban J connectivity index is 0.00000129. The van der Waals surface area contributed by atoms with E-state index in [4.69, 9.17) is 14.6 Å². The molecule has 0 saturated heterocycles. The van der Waals surface area contributed by atoms with E-state index in [2.05, 4.69) is 44.0 Å². The van der Waals surface area contributed by atoms with Gasteiger partial charge in [-0.3, -0.25) is 4.79 Å². The number of allylic oxidation sites excluding steroid dienone is 5. The second-order valence-electron chi connectivity index (χ2n) is 7.31. The quantitative estimate of drug-likeness (QED) is 0.255. The van der Waals surface area contributed by atoms with Crippen LogP contribution in [-0.4, -0.2) is 36.8 Å². The van der Waals surface area contributed by atoms with Crippen LogP contribution < -0.4 is 0 Å². The van der Waals surface area contributed by atoms with Gasteiger partial charge in [-0.2, -0.15) is 0 Å². The van der Waals surface area contributed by atoms with Gasteiger partial charge in [-0.25, -0.2) is 0 Å². The molecule has 0 unspecified atom stereocenters. The van der Waals surface area contributed by atoms with Crippen LogP contribution in [0.25, 0.3) is 11.1 Å². The number of hydrogen-bond acceptors (Lipinski definition) is 4. The van der Waals surface area contributed by atoms with E-state index in [-0.39, 0.29) is 6.61 Å². The van der Waals surface area contributed by atoms with E-state index in [0.717, 1.165) is 40.7 Å². The first-order valence-corrected chi connectivity index (χ1v) is 10.9.